The van der Waals surface area contributed by atoms with Gasteiger partial charge in [-0.05, 0) is 58.1 Å². The van der Waals surface area contributed by atoms with Crippen LogP contribution in [0.2, 0.25) is 0 Å². The Hall–Kier alpha value is -1.28. The van der Waals surface area contributed by atoms with Crippen LogP contribution in [0.3, 0.4) is 0 Å². The maximum Gasteiger partial charge on any atom is 0.259 e. The summed E-state index contributed by atoms with van der Waals surface area (Å²) in [5.74, 6) is 0.677. The molecule has 150 valence electrons. The summed E-state index contributed by atoms with van der Waals surface area (Å²) in [4.78, 5) is 24.8. The number of hydrogen-bond donors (Lipinski definition) is 2. The maximum absolute atomic E-state index is 12.7. The van der Waals surface area contributed by atoms with Crippen LogP contribution in [0.15, 0.2) is 4.79 Å². The van der Waals surface area contributed by atoms with Crippen LogP contribution < -0.4 is 5.56 Å². The third-order valence-electron chi connectivity index (χ3n) is 4.88. The Morgan fingerprint density at radius 2 is 2.11 bits per heavy atom. The molecule has 0 saturated heterocycles. The molecule has 1 atom stereocenters. The number of rotatable bonds is 9. The summed E-state index contributed by atoms with van der Waals surface area (Å²) in [5.41, 5.74) is 1.20. The number of hydrogen-bond acceptors (Lipinski definition) is 6. The third-order valence-corrected chi connectivity index (χ3v) is 6.06. The standard InChI is InChI=1S/C20H31N3O3S/c1-4-9-23(10-14(24)12-26-13(2)3)11-17-21-19(25)18-15-7-5-6-8-16(15)27-20(18)22-17/h13-14,24H,4-12H2,1-3H3,(H,21,22,25). The van der Waals surface area contributed by atoms with Gasteiger partial charge in [-0.2, -0.15) is 0 Å². The molecule has 0 radical (unpaired) electrons. The fourth-order valence-electron chi connectivity index (χ4n) is 3.70. The molecule has 6 nitrogen and oxygen atoms in total. The second-order valence-corrected chi connectivity index (χ2v) is 8.76. The van der Waals surface area contributed by atoms with E-state index < -0.39 is 6.10 Å². The van der Waals surface area contributed by atoms with Crippen molar-refractivity contribution in [1.82, 2.24) is 14.9 Å². The van der Waals surface area contributed by atoms with E-state index in [1.54, 1.807) is 11.3 Å². The number of fused-ring (bicyclic) bond motifs is 3. The highest BCUT2D eigenvalue weighted by Gasteiger charge is 2.20. The van der Waals surface area contributed by atoms with Crippen LogP contribution in [0.4, 0.5) is 0 Å². The largest absolute Gasteiger partial charge is 0.389 e. The van der Waals surface area contributed by atoms with Crippen molar-refractivity contribution in [3.63, 3.8) is 0 Å². The summed E-state index contributed by atoms with van der Waals surface area (Å²) < 4.78 is 5.51. The lowest BCUT2D eigenvalue weighted by Gasteiger charge is -2.24. The summed E-state index contributed by atoms with van der Waals surface area (Å²) in [6.07, 6.45) is 4.93. The molecular weight excluding hydrogens is 362 g/mol. The molecule has 2 heterocycles. The number of aromatic nitrogens is 2. The normalized spacial score (nSPS) is 15.6. The first-order valence-electron chi connectivity index (χ1n) is 10.0. The zero-order valence-corrected chi connectivity index (χ0v) is 17.4. The predicted octanol–water partition coefficient (Wildman–Crippen LogP) is 2.86. The number of H-pyrrole nitrogens is 1. The molecule has 2 aromatic heterocycles. The Kier molecular flexibility index (Phi) is 7.03. The Morgan fingerprint density at radius 1 is 1.33 bits per heavy atom. The fraction of sp³-hybridized carbons (Fsp3) is 0.700. The molecule has 7 heteroatoms. The van der Waals surface area contributed by atoms with Crippen LogP contribution in [-0.2, 0) is 24.1 Å². The molecule has 2 aromatic rings. The molecule has 0 aliphatic heterocycles. The van der Waals surface area contributed by atoms with E-state index in [0.29, 0.717) is 25.5 Å². The first-order valence-corrected chi connectivity index (χ1v) is 10.8. The summed E-state index contributed by atoms with van der Waals surface area (Å²) in [7, 11) is 0. The van der Waals surface area contributed by atoms with Crippen molar-refractivity contribution in [3.05, 3.63) is 26.6 Å². The van der Waals surface area contributed by atoms with E-state index in [1.165, 1.54) is 16.9 Å². The van der Waals surface area contributed by atoms with E-state index in [2.05, 4.69) is 16.8 Å². The summed E-state index contributed by atoms with van der Waals surface area (Å²) in [6.45, 7) is 8.21. The van der Waals surface area contributed by atoms with Gasteiger partial charge < -0.3 is 14.8 Å². The van der Waals surface area contributed by atoms with Crippen LogP contribution in [0, 0.1) is 0 Å². The third kappa shape index (κ3) is 5.16. The topological polar surface area (TPSA) is 78.5 Å². The van der Waals surface area contributed by atoms with Crippen molar-refractivity contribution in [3.8, 4) is 0 Å². The summed E-state index contributed by atoms with van der Waals surface area (Å²) >= 11 is 1.67. The molecule has 0 spiro atoms. The number of ether oxygens (including phenoxy) is 1. The van der Waals surface area contributed by atoms with Crippen LogP contribution in [0.1, 0.15) is 56.3 Å². The molecule has 27 heavy (non-hydrogen) atoms. The minimum Gasteiger partial charge on any atom is -0.389 e. The first kappa shape index (κ1) is 20.5. The lowest BCUT2D eigenvalue weighted by atomic mass is 9.97. The van der Waals surface area contributed by atoms with Gasteiger partial charge in [0, 0.05) is 11.4 Å². The zero-order chi connectivity index (χ0) is 19.4. The smallest absolute Gasteiger partial charge is 0.259 e. The van der Waals surface area contributed by atoms with Gasteiger partial charge in [0.2, 0.25) is 0 Å². The van der Waals surface area contributed by atoms with Gasteiger partial charge in [0.25, 0.3) is 5.56 Å². The second kappa shape index (κ2) is 9.28. The maximum atomic E-state index is 12.7. The highest BCUT2D eigenvalue weighted by molar-refractivity contribution is 7.18. The zero-order valence-electron chi connectivity index (χ0n) is 16.6. The summed E-state index contributed by atoms with van der Waals surface area (Å²) in [6, 6.07) is 0. The SMILES string of the molecule is CCCN(Cc1nc2sc3c(c2c(=O)[nH]1)CCCC3)CC(O)COC(C)C. The van der Waals surface area contributed by atoms with Gasteiger partial charge in [-0.3, -0.25) is 9.69 Å². The lowest BCUT2D eigenvalue weighted by molar-refractivity contribution is -0.00977. The molecule has 0 aromatic carbocycles. The first-order chi connectivity index (χ1) is 13.0. The van der Waals surface area contributed by atoms with Crippen LogP contribution >= 0.6 is 11.3 Å². The molecule has 1 unspecified atom stereocenters. The van der Waals surface area contributed by atoms with Crippen molar-refractivity contribution >= 4 is 21.6 Å². The monoisotopic (exact) mass is 393 g/mol. The number of aromatic amines is 1. The van der Waals surface area contributed by atoms with Gasteiger partial charge in [-0.1, -0.05) is 6.92 Å². The van der Waals surface area contributed by atoms with Gasteiger partial charge in [0.05, 0.1) is 30.7 Å². The van der Waals surface area contributed by atoms with Gasteiger partial charge in [-0.25, -0.2) is 4.98 Å². The molecule has 0 saturated carbocycles. The van der Waals surface area contributed by atoms with E-state index >= 15 is 0 Å². The Balaban J connectivity index is 1.75. The average Bonchev–Trinajstić information content (AvgIpc) is 2.98. The predicted molar refractivity (Wildman–Crippen MR) is 110 cm³/mol. The number of aliphatic hydroxyl groups is 1. The van der Waals surface area contributed by atoms with E-state index in [9.17, 15) is 9.90 Å². The van der Waals surface area contributed by atoms with Gasteiger partial charge >= 0.3 is 0 Å². The molecule has 2 N–H and O–H groups in total. The minimum atomic E-state index is -0.552. The fourth-order valence-corrected chi connectivity index (χ4v) is 4.98. The van der Waals surface area contributed by atoms with Gasteiger partial charge in [-0.15, -0.1) is 11.3 Å². The number of aliphatic hydroxyl groups excluding tert-OH is 1. The lowest BCUT2D eigenvalue weighted by Crippen LogP contribution is -2.36. The molecule has 0 fully saturated rings. The highest BCUT2D eigenvalue weighted by Crippen LogP contribution is 2.33. The molecule has 1 aliphatic rings. The van der Waals surface area contributed by atoms with Crippen LogP contribution in [0.25, 0.3) is 10.2 Å². The van der Waals surface area contributed by atoms with E-state index in [0.717, 1.165) is 42.4 Å². The van der Waals surface area contributed by atoms with E-state index in [-0.39, 0.29) is 11.7 Å². The van der Waals surface area contributed by atoms with E-state index in [4.69, 9.17) is 9.72 Å². The minimum absolute atomic E-state index is 0.0189. The van der Waals surface area contributed by atoms with Crippen molar-refractivity contribution in [2.24, 2.45) is 0 Å². The van der Waals surface area contributed by atoms with Gasteiger partial charge in [0.15, 0.2) is 0 Å². The number of thiophene rings is 1. The average molecular weight is 394 g/mol. The van der Waals surface area contributed by atoms with E-state index in [1.807, 2.05) is 13.8 Å². The van der Waals surface area contributed by atoms with Crippen molar-refractivity contribution in [2.75, 3.05) is 19.7 Å². The van der Waals surface area contributed by atoms with Crippen molar-refractivity contribution < 1.29 is 9.84 Å². The van der Waals surface area contributed by atoms with Crippen molar-refractivity contribution in [1.29, 1.82) is 0 Å². The Morgan fingerprint density at radius 3 is 2.85 bits per heavy atom. The second-order valence-electron chi connectivity index (χ2n) is 7.67. The van der Waals surface area contributed by atoms with Crippen LogP contribution in [0.5, 0.6) is 0 Å². The molecular formula is C20H31N3O3S. The Bertz CT molecular complexity index is 815. The highest BCUT2D eigenvalue weighted by atomic mass is 32.1. The van der Waals surface area contributed by atoms with Crippen LogP contribution in [-0.4, -0.2) is 51.9 Å². The molecule has 0 amide bonds. The molecule has 0 bridgehead atoms. The number of nitrogens with one attached hydrogen (secondary N) is 1. The Labute approximate surface area is 164 Å². The molecule has 3 rings (SSSR count). The summed E-state index contributed by atoms with van der Waals surface area (Å²) in [5, 5.41) is 11.1. The quantitative estimate of drug-likeness (QED) is 0.685. The van der Waals surface area contributed by atoms with Crippen molar-refractivity contribution in [2.45, 2.75) is 71.6 Å². The van der Waals surface area contributed by atoms with Gasteiger partial charge in [0.1, 0.15) is 10.7 Å². The number of aryl methyl sites for hydroxylation is 2. The number of nitrogens with zero attached hydrogens (tertiary/aromatic N) is 2. The molecule has 1 aliphatic carbocycles.